The van der Waals surface area contributed by atoms with Crippen molar-refractivity contribution in [2.75, 3.05) is 0 Å². The van der Waals surface area contributed by atoms with Gasteiger partial charge in [-0.05, 0) is 25.1 Å². The third-order valence-corrected chi connectivity index (χ3v) is 4.10. The van der Waals surface area contributed by atoms with Crippen LogP contribution in [0.4, 0.5) is 0 Å². The molecule has 1 aromatic heterocycles. The summed E-state index contributed by atoms with van der Waals surface area (Å²) in [5.41, 5.74) is 2.67. The van der Waals surface area contributed by atoms with Crippen molar-refractivity contribution in [3.05, 3.63) is 69.8 Å². The number of pyridine rings is 1. The van der Waals surface area contributed by atoms with Crippen molar-refractivity contribution >= 4 is 34.1 Å². The summed E-state index contributed by atoms with van der Waals surface area (Å²) in [7, 11) is 0. The first-order valence-corrected chi connectivity index (χ1v) is 7.33. The van der Waals surface area contributed by atoms with E-state index >= 15 is 0 Å². The van der Waals surface area contributed by atoms with Crippen molar-refractivity contribution in [3.8, 4) is 5.75 Å². The van der Waals surface area contributed by atoms with Gasteiger partial charge in [-0.25, -0.2) is 4.98 Å². The number of nitrogens with zero attached hydrogens (tertiary/aromatic N) is 1. The number of ether oxygens (including phenoxy) is 1. The third-order valence-electron chi connectivity index (χ3n) is 3.24. The molecule has 0 aliphatic heterocycles. The van der Waals surface area contributed by atoms with Crippen LogP contribution in [0.1, 0.15) is 11.3 Å². The van der Waals surface area contributed by atoms with E-state index < -0.39 is 0 Å². The molecule has 0 unspecified atom stereocenters. The smallest absolute Gasteiger partial charge is 0.146 e. The molecule has 2 nitrogen and oxygen atoms in total. The van der Waals surface area contributed by atoms with Crippen LogP contribution in [0, 0.1) is 6.92 Å². The van der Waals surface area contributed by atoms with Gasteiger partial charge in [-0.15, -0.1) is 0 Å². The van der Waals surface area contributed by atoms with Crippen LogP contribution in [0.15, 0.2) is 48.5 Å². The Hall–Kier alpha value is -1.77. The van der Waals surface area contributed by atoms with Gasteiger partial charge in [0.1, 0.15) is 17.9 Å². The van der Waals surface area contributed by atoms with Gasteiger partial charge in [0.15, 0.2) is 0 Å². The molecule has 1 heterocycles. The van der Waals surface area contributed by atoms with Crippen LogP contribution in [-0.2, 0) is 6.61 Å². The zero-order valence-corrected chi connectivity index (χ0v) is 12.9. The zero-order valence-electron chi connectivity index (χ0n) is 11.4. The monoisotopic (exact) mass is 317 g/mol. The second-order valence-electron chi connectivity index (χ2n) is 4.78. The van der Waals surface area contributed by atoms with Crippen LogP contribution >= 0.6 is 23.2 Å². The quantitative estimate of drug-likeness (QED) is 0.642. The summed E-state index contributed by atoms with van der Waals surface area (Å²) in [4.78, 5) is 4.54. The molecule has 0 fully saturated rings. The topological polar surface area (TPSA) is 22.1 Å². The Morgan fingerprint density at radius 3 is 2.67 bits per heavy atom. The summed E-state index contributed by atoms with van der Waals surface area (Å²) < 4.78 is 5.89. The standard InChI is InChI=1S/C17H13Cl2NO/c1-11-8-9-12-4-3-7-15(17(12)20-11)21-10-13-5-2-6-14(18)16(13)19/h2-9H,10H2,1H3. The molecule has 4 heteroatoms. The number of halogens is 2. The van der Waals surface area contributed by atoms with Crippen LogP contribution in [0.25, 0.3) is 10.9 Å². The summed E-state index contributed by atoms with van der Waals surface area (Å²) in [5.74, 6) is 0.743. The van der Waals surface area contributed by atoms with E-state index in [0.29, 0.717) is 16.7 Å². The number of rotatable bonds is 3. The van der Waals surface area contributed by atoms with Gasteiger partial charge in [0.2, 0.25) is 0 Å². The maximum atomic E-state index is 6.18. The second-order valence-corrected chi connectivity index (χ2v) is 5.57. The molecule has 106 valence electrons. The summed E-state index contributed by atoms with van der Waals surface area (Å²) in [6, 6.07) is 15.4. The average molecular weight is 318 g/mol. The van der Waals surface area contributed by atoms with Gasteiger partial charge in [0.25, 0.3) is 0 Å². The molecule has 3 rings (SSSR count). The molecule has 0 N–H and O–H groups in total. The summed E-state index contributed by atoms with van der Waals surface area (Å²) in [5, 5.41) is 2.11. The molecule has 0 atom stereocenters. The van der Waals surface area contributed by atoms with Gasteiger partial charge in [-0.2, -0.15) is 0 Å². The van der Waals surface area contributed by atoms with E-state index in [2.05, 4.69) is 4.98 Å². The Labute approximate surface area is 133 Å². The molecule has 21 heavy (non-hydrogen) atoms. The highest BCUT2D eigenvalue weighted by molar-refractivity contribution is 6.42. The largest absolute Gasteiger partial charge is 0.487 e. The van der Waals surface area contributed by atoms with E-state index in [4.69, 9.17) is 27.9 Å². The van der Waals surface area contributed by atoms with Crippen LogP contribution in [0.2, 0.25) is 10.0 Å². The van der Waals surface area contributed by atoms with Gasteiger partial charge in [0, 0.05) is 16.6 Å². The van der Waals surface area contributed by atoms with Crippen molar-refractivity contribution in [2.24, 2.45) is 0 Å². The van der Waals surface area contributed by atoms with Crippen molar-refractivity contribution < 1.29 is 4.74 Å². The van der Waals surface area contributed by atoms with Crippen molar-refractivity contribution in [2.45, 2.75) is 13.5 Å². The molecule has 0 saturated heterocycles. The summed E-state index contributed by atoms with van der Waals surface area (Å²) in [6.45, 7) is 2.32. The molecule has 2 aromatic carbocycles. The van der Waals surface area contributed by atoms with E-state index in [9.17, 15) is 0 Å². The molecule has 0 bridgehead atoms. The molecule has 0 radical (unpaired) electrons. The molecular weight excluding hydrogens is 305 g/mol. The Morgan fingerprint density at radius 1 is 1.00 bits per heavy atom. The molecule has 0 spiro atoms. The molecule has 3 aromatic rings. The lowest BCUT2D eigenvalue weighted by atomic mass is 10.2. The van der Waals surface area contributed by atoms with E-state index in [1.165, 1.54) is 0 Å². The number of fused-ring (bicyclic) bond motifs is 1. The molecule has 0 saturated carbocycles. The lowest BCUT2D eigenvalue weighted by Crippen LogP contribution is -1.98. The van der Waals surface area contributed by atoms with Crippen LogP contribution < -0.4 is 4.74 Å². The minimum Gasteiger partial charge on any atom is -0.487 e. The highest BCUT2D eigenvalue weighted by Gasteiger charge is 2.08. The first kappa shape index (κ1) is 14.2. The average Bonchev–Trinajstić information content (AvgIpc) is 2.49. The molecule has 0 aliphatic carbocycles. The Balaban J connectivity index is 1.92. The third kappa shape index (κ3) is 2.97. The van der Waals surface area contributed by atoms with E-state index in [1.54, 1.807) is 6.07 Å². The second kappa shape index (κ2) is 5.92. The minimum atomic E-state index is 0.355. The van der Waals surface area contributed by atoms with Crippen molar-refractivity contribution in [1.82, 2.24) is 4.98 Å². The van der Waals surface area contributed by atoms with E-state index in [1.807, 2.05) is 49.4 Å². The summed E-state index contributed by atoms with van der Waals surface area (Å²) in [6.07, 6.45) is 0. The summed E-state index contributed by atoms with van der Waals surface area (Å²) >= 11 is 12.2. The van der Waals surface area contributed by atoms with Gasteiger partial charge < -0.3 is 4.74 Å². The van der Waals surface area contributed by atoms with E-state index in [-0.39, 0.29) is 0 Å². The minimum absolute atomic E-state index is 0.355. The number of hydrogen-bond donors (Lipinski definition) is 0. The van der Waals surface area contributed by atoms with Crippen LogP contribution in [0.5, 0.6) is 5.75 Å². The fourth-order valence-electron chi connectivity index (χ4n) is 2.15. The van der Waals surface area contributed by atoms with Crippen LogP contribution in [-0.4, -0.2) is 4.98 Å². The number of hydrogen-bond acceptors (Lipinski definition) is 2. The maximum absolute atomic E-state index is 6.18. The fourth-order valence-corrected chi connectivity index (χ4v) is 2.52. The normalized spacial score (nSPS) is 10.8. The Bertz CT molecular complexity index is 802. The predicted molar refractivity (Wildman–Crippen MR) is 87.3 cm³/mol. The highest BCUT2D eigenvalue weighted by Crippen LogP contribution is 2.28. The number of para-hydroxylation sites is 1. The Kier molecular flexibility index (Phi) is 4.00. The number of benzene rings is 2. The first-order chi connectivity index (χ1) is 10.1. The maximum Gasteiger partial charge on any atom is 0.146 e. The SMILES string of the molecule is Cc1ccc2cccc(OCc3cccc(Cl)c3Cl)c2n1. The lowest BCUT2D eigenvalue weighted by molar-refractivity contribution is 0.309. The van der Waals surface area contributed by atoms with Gasteiger partial charge in [-0.1, -0.05) is 53.5 Å². The molecule has 0 amide bonds. The van der Waals surface area contributed by atoms with Crippen molar-refractivity contribution in [3.63, 3.8) is 0 Å². The first-order valence-electron chi connectivity index (χ1n) is 6.57. The zero-order chi connectivity index (χ0) is 14.8. The molecular formula is C17H13Cl2NO. The van der Waals surface area contributed by atoms with Gasteiger partial charge in [-0.3, -0.25) is 0 Å². The number of aromatic nitrogens is 1. The fraction of sp³-hybridized carbons (Fsp3) is 0.118. The van der Waals surface area contributed by atoms with E-state index in [0.717, 1.165) is 27.9 Å². The Morgan fingerprint density at radius 2 is 1.81 bits per heavy atom. The van der Waals surface area contributed by atoms with Gasteiger partial charge >= 0.3 is 0 Å². The molecule has 0 aliphatic rings. The highest BCUT2D eigenvalue weighted by atomic mass is 35.5. The lowest BCUT2D eigenvalue weighted by Gasteiger charge is -2.10. The van der Waals surface area contributed by atoms with Gasteiger partial charge in [0.05, 0.1) is 10.0 Å². The van der Waals surface area contributed by atoms with Crippen molar-refractivity contribution in [1.29, 1.82) is 0 Å². The number of aryl methyl sites for hydroxylation is 1. The predicted octanol–water partition coefficient (Wildman–Crippen LogP) is 5.43. The van der Waals surface area contributed by atoms with Crippen LogP contribution in [0.3, 0.4) is 0 Å².